The molecule has 2 aromatic carbocycles. The van der Waals surface area contributed by atoms with E-state index in [4.69, 9.17) is 16.1 Å². The van der Waals surface area contributed by atoms with Gasteiger partial charge in [-0.25, -0.2) is 8.78 Å². The number of hydrogen-bond donors (Lipinski definition) is 2. The van der Waals surface area contributed by atoms with Gasteiger partial charge in [-0.05, 0) is 82.1 Å². The van der Waals surface area contributed by atoms with Crippen molar-refractivity contribution in [2.75, 3.05) is 37.7 Å². The van der Waals surface area contributed by atoms with Gasteiger partial charge in [0, 0.05) is 58.7 Å². The van der Waals surface area contributed by atoms with Gasteiger partial charge in [-0.3, -0.25) is 9.88 Å². The highest BCUT2D eigenvalue weighted by atomic mass is 19.1. The quantitative estimate of drug-likeness (QED) is 0.288. The SMILES string of the molecule is C#Cc1c(F)ccc2cc(O)cc(-c3ncc4c(N5CC6CCC(C5)N6)nc(OCC56CCCN5CCC6)c(C)c4c3F)c12. The highest BCUT2D eigenvalue weighted by Gasteiger charge is 2.45. The number of phenolic OH excluding ortho intramolecular Hbond substituents is 1. The van der Waals surface area contributed by atoms with Gasteiger partial charge in [-0.15, -0.1) is 6.42 Å². The molecule has 4 aliphatic heterocycles. The number of aryl methyl sites for hydroxylation is 1. The molecule has 7 nitrogen and oxygen atoms in total. The number of anilines is 1. The lowest BCUT2D eigenvalue weighted by atomic mass is 9.94. The molecule has 4 aliphatic rings. The van der Waals surface area contributed by atoms with Gasteiger partial charge < -0.3 is 20.1 Å². The highest BCUT2D eigenvalue weighted by Crippen LogP contribution is 2.43. The lowest BCUT2D eigenvalue weighted by Crippen LogP contribution is -2.51. The molecule has 4 fully saturated rings. The normalized spacial score (nSPS) is 22.5. The van der Waals surface area contributed by atoms with E-state index in [1.807, 2.05) is 6.92 Å². The molecule has 2 atom stereocenters. The zero-order chi connectivity index (χ0) is 30.2. The van der Waals surface area contributed by atoms with E-state index in [1.165, 1.54) is 24.3 Å². The number of ether oxygens (including phenoxy) is 1. The standard InChI is InChI=1S/C35H35F2N5O2/c1-3-25-28(36)9-6-21-14-24(43)15-26(30(21)25)32-31(37)29-20(2)34(44-19-35-10-4-12-42(35)13-5-11-35)40-33(27(29)16-38-32)41-17-22-7-8-23(18-41)39-22/h1,6,9,14-16,22-23,39,43H,4-5,7-8,10-13,17-19H2,2H3. The number of fused-ring (bicyclic) bond motifs is 5. The summed E-state index contributed by atoms with van der Waals surface area (Å²) in [5, 5.41) is 16.0. The molecule has 0 radical (unpaired) electrons. The minimum absolute atomic E-state index is 0.00295. The van der Waals surface area contributed by atoms with Crippen molar-refractivity contribution in [3.8, 4) is 35.2 Å². The summed E-state index contributed by atoms with van der Waals surface area (Å²) < 4.78 is 38.5. The fourth-order valence-electron chi connectivity index (χ4n) is 8.33. The van der Waals surface area contributed by atoms with Gasteiger partial charge in [0.25, 0.3) is 0 Å². The number of piperazine rings is 1. The first kappa shape index (κ1) is 27.5. The van der Waals surface area contributed by atoms with Crippen molar-refractivity contribution in [1.82, 2.24) is 20.2 Å². The number of pyridine rings is 2. The number of hydrogen-bond acceptors (Lipinski definition) is 7. The molecule has 8 rings (SSSR count). The van der Waals surface area contributed by atoms with E-state index < -0.39 is 11.6 Å². The molecular weight excluding hydrogens is 560 g/mol. The number of nitrogens with zero attached hydrogens (tertiary/aromatic N) is 4. The summed E-state index contributed by atoms with van der Waals surface area (Å²) in [5.41, 5.74) is 0.829. The summed E-state index contributed by atoms with van der Waals surface area (Å²) in [6, 6.07) is 6.39. The Balaban J connectivity index is 1.31. The third kappa shape index (κ3) is 4.22. The van der Waals surface area contributed by atoms with Crippen molar-refractivity contribution in [1.29, 1.82) is 0 Å². The summed E-state index contributed by atoms with van der Waals surface area (Å²) in [5.74, 6) is 2.26. The molecule has 4 saturated heterocycles. The fraction of sp³-hybridized carbons (Fsp3) is 0.429. The van der Waals surface area contributed by atoms with Crippen LogP contribution in [0.1, 0.15) is 49.7 Å². The summed E-state index contributed by atoms with van der Waals surface area (Å²) in [4.78, 5) is 14.4. The van der Waals surface area contributed by atoms with Crippen LogP contribution in [0.5, 0.6) is 11.6 Å². The number of rotatable bonds is 5. The average Bonchev–Trinajstić information content (AvgIpc) is 3.70. The average molecular weight is 596 g/mol. The number of benzene rings is 2. The van der Waals surface area contributed by atoms with Crippen LogP contribution in [0.2, 0.25) is 0 Å². The third-order valence-corrected chi connectivity index (χ3v) is 10.4. The minimum atomic E-state index is -0.591. The Morgan fingerprint density at radius 1 is 1.11 bits per heavy atom. The van der Waals surface area contributed by atoms with Crippen LogP contribution in [0.4, 0.5) is 14.6 Å². The Morgan fingerprint density at radius 3 is 2.59 bits per heavy atom. The van der Waals surface area contributed by atoms with E-state index in [9.17, 15) is 9.50 Å². The van der Waals surface area contributed by atoms with Gasteiger partial charge in [-0.2, -0.15) is 4.98 Å². The largest absolute Gasteiger partial charge is 0.508 e. The monoisotopic (exact) mass is 595 g/mol. The summed E-state index contributed by atoms with van der Waals surface area (Å²) in [6.07, 6.45) is 14.1. The van der Waals surface area contributed by atoms with Gasteiger partial charge in [0.15, 0.2) is 5.82 Å². The number of phenols is 1. The van der Waals surface area contributed by atoms with Crippen molar-refractivity contribution in [2.24, 2.45) is 0 Å². The summed E-state index contributed by atoms with van der Waals surface area (Å²) in [6.45, 7) is 6.07. The highest BCUT2D eigenvalue weighted by molar-refractivity contribution is 6.04. The molecule has 44 heavy (non-hydrogen) atoms. The zero-order valence-corrected chi connectivity index (χ0v) is 24.8. The van der Waals surface area contributed by atoms with E-state index >= 15 is 4.39 Å². The summed E-state index contributed by atoms with van der Waals surface area (Å²) >= 11 is 0. The Labute approximate surface area is 255 Å². The Bertz CT molecular complexity index is 1850. The predicted octanol–water partition coefficient (Wildman–Crippen LogP) is 5.67. The maximum absolute atomic E-state index is 17.0. The number of aromatic nitrogens is 2. The molecule has 4 aromatic rings. The van der Waals surface area contributed by atoms with Crippen LogP contribution in [0.15, 0.2) is 30.5 Å². The van der Waals surface area contributed by atoms with Crippen molar-refractivity contribution in [3.63, 3.8) is 0 Å². The molecule has 2 N–H and O–H groups in total. The van der Waals surface area contributed by atoms with Crippen LogP contribution in [0, 0.1) is 30.9 Å². The molecule has 0 aliphatic carbocycles. The smallest absolute Gasteiger partial charge is 0.219 e. The van der Waals surface area contributed by atoms with Crippen molar-refractivity contribution in [2.45, 2.75) is 63.1 Å². The van der Waals surface area contributed by atoms with Crippen LogP contribution in [0.25, 0.3) is 32.8 Å². The van der Waals surface area contributed by atoms with E-state index in [2.05, 4.69) is 26.0 Å². The second-order valence-electron chi connectivity index (χ2n) is 13.0. The fourth-order valence-corrected chi connectivity index (χ4v) is 8.33. The van der Waals surface area contributed by atoms with Gasteiger partial charge in [0.1, 0.15) is 29.7 Å². The molecule has 2 aromatic heterocycles. The molecular formula is C35H35F2N5O2. The first-order valence-electron chi connectivity index (χ1n) is 15.6. The maximum atomic E-state index is 17.0. The maximum Gasteiger partial charge on any atom is 0.219 e. The van der Waals surface area contributed by atoms with Crippen LogP contribution in [0.3, 0.4) is 0 Å². The Morgan fingerprint density at radius 2 is 1.86 bits per heavy atom. The van der Waals surface area contributed by atoms with Gasteiger partial charge in [-0.1, -0.05) is 12.0 Å². The number of terminal acetylenes is 1. The van der Waals surface area contributed by atoms with Gasteiger partial charge >= 0.3 is 0 Å². The van der Waals surface area contributed by atoms with Crippen molar-refractivity contribution in [3.05, 3.63) is 53.2 Å². The van der Waals surface area contributed by atoms with Crippen LogP contribution >= 0.6 is 0 Å². The second-order valence-corrected chi connectivity index (χ2v) is 13.0. The molecule has 226 valence electrons. The van der Waals surface area contributed by atoms with Gasteiger partial charge in [0.05, 0.1) is 11.1 Å². The third-order valence-electron chi connectivity index (χ3n) is 10.4. The lowest BCUT2D eigenvalue weighted by Gasteiger charge is -2.35. The van der Waals surface area contributed by atoms with E-state index in [1.54, 1.807) is 6.20 Å². The molecule has 2 bridgehead atoms. The molecule has 0 saturated carbocycles. The predicted molar refractivity (Wildman–Crippen MR) is 167 cm³/mol. The van der Waals surface area contributed by atoms with Crippen molar-refractivity contribution >= 4 is 27.4 Å². The number of halogens is 2. The first-order valence-corrected chi connectivity index (χ1v) is 15.6. The van der Waals surface area contributed by atoms with E-state index in [-0.39, 0.29) is 28.1 Å². The number of aromatic hydroxyl groups is 1. The molecule has 0 amide bonds. The van der Waals surface area contributed by atoms with Crippen LogP contribution < -0.4 is 15.0 Å². The Kier molecular flexibility index (Phi) is 6.44. The van der Waals surface area contributed by atoms with E-state index in [0.29, 0.717) is 57.5 Å². The van der Waals surface area contributed by atoms with Crippen LogP contribution in [-0.4, -0.2) is 70.4 Å². The lowest BCUT2D eigenvalue weighted by molar-refractivity contribution is 0.110. The molecule has 9 heteroatoms. The van der Waals surface area contributed by atoms with Gasteiger partial charge in [0.2, 0.25) is 5.88 Å². The first-order chi connectivity index (χ1) is 21.3. The summed E-state index contributed by atoms with van der Waals surface area (Å²) in [7, 11) is 0. The zero-order valence-electron chi connectivity index (χ0n) is 24.8. The Hall–Kier alpha value is -4.00. The van der Waals surface area contributed by atoms with Crippen molar-refractivity contribution < 1.29 is 18.6 Å². The topological polar surface area (TPSA) is 73.8 Å². The number of nitrogens with one attached hydrogen (secondary N) is 1. The second kappa shape index (κ2) is 10.3. The van der Waals surface area contributed by atoms with Crippen LogP contribution in [-0.2, 0) is 0 Å². The minimum Gasteiger partial charge on any atom is -0.508 e. The molecule has 0 spiro atoms. The molecule has 2 unspecified atom stereocenters. The molecule has 6 heterocycles. The van der Waals surface area contributed by atoms with E-state index in [0.717, 1.165) is 64.7 Å².